The molecule has 1 aliphatic carbocycles. The van der Waals surface area contributed by atoms with Crippen LogP contribution >= 0.6 is 0 Å². The molecule has 0 unspecified atom stereocenters. The maximum atomic E-state index is 11.4. The van der Waals surface area contributed by atoms with Crippen LogP contribution in [0.3, 0.4) is 0 Å². The monoisotopic (exact) mass is 152 g/mol. The van der Waals surface area contributed by atoms with Crippen LogP contribution in [0, 0.1) is 5.41 Å². The Kier molecular flexibility index (Phi) is 2.17. The van der Waals surface area contributed by atoms with Gasteiger partial charge in [-0.1, -0.05) is 25.5 Å². The Labute approximate surface area is 68.5 Å². The summed E-state index contributed by atoms with van der Waals surface area (Å²) in [6.45, 7) is 6.19. The van der Waals surface area contributed by atoms with E-state index in [9.17, 15) is 4.79 Å². The molecule has 1 nitrogen and oxygen atoms in total. The van der Waals surface area contributed by atoms with Crippen molar-refractivity contribution >= 4 is 5.78 Å². The zero-order valence-electron chi connectivity index (χ0n) is 7.61. The summed E-state index contributed by atoms with van der Waals surface area (Å²) in [7, 11) is 0. The van der Waals surface area contributed by atoms with Crippen molar-refractivity contribution in [3.05, 3.63) is 11.6 Å². The molecule has 0 fully saturated rings. The van der Waals surface area contributed by atoms with E-state index < -0.39 is 0 Å². The molecule has 62 valence electrons. The quantitative estimate of drug-likeness (QED) is 0.488. The molecule has 1 aliphatic rings. The third kappa shape index (κ3) is 1.92. The average molecular weight is 152 g/mol. The fourth-order valence-corrected chi connectivity index (χ4v) is 1.66. The molecule has 0 aromatic heterocycles. The molecule has 0 aromatic carbocycles. The van der Waals surface area contributed by atoms with Gasteiger partial charge in [-0.15, -0.1) is 0 Å². The fourth-order valence-electron chi connectivity index (χ4n) is 1.66. The number of rotatable bonds is 0. The van der Waals surface area contributed by atoms with E-state index in [1.54, 1.807) is 0 Å². The Morgan fingerprint density at radius 3 is 2.73 bits per heavy atom. The molecule has 0 spiro atoms. The van der Waals surface area contributed by atoms with Crippen LogP contribution in [-0.4, -0.2) is 5.78 Å². The Hall–Kier alpha value is -0.590. The molecule has 0 bridgehead atoms. The first kappa shape index (κ1) is 8.51. The predicted molar refractivity (Wildman–Crippen MR) is 46.4 cm³/mol. The largest absolute Gasteiger partial charge is 0.299 e. The highest BCUT2D eigenvalue weighted by molar-refractivity contribution is 5.84. The minimum absolute atomic E-state index is 0.114. The van der Waals surface area contributed by atoms with E-state index in [2.05, 4.69) is 13.0 Å². The minimum atomic E-state index is -0.114. The van der Waals surface area contributed by atoms with Crippen molar-refractivity contribution in [2.45, 2.75) is 40.0 Å². The first-order valence-corrected chi connectivity index (χ1v) is 4.21. The van der Waals surface area contributed by atoms with Crippen LogP contribution in [0.4, 0.5) is 0 Å². The summed E-state index contributed by atoms with van der Waals surface area (Å²) in [6, 6.07) is 0. The molecule has 11 heavy (non-hydrogen) atoms. The number of allylic oxidation sites excluding steroid dienone is 2. The molecule has 0 N–H and O–H groups in total. The lowest BCUT2D eigenvalue weighted by Gasteiger charge is -2.20. The van der Waals surface area contributed by atoms with Crippen molar-refractivity contribution in [1.82, 2.24) is 0 Å². The number of carbonyl (C=O) groups excluding carboxylic acids is 1. The number of Topliss-reactive ketones (excluding diaryl/α,β-unsaturated/α-hetero) is 1. The average Bonchev–Trinajstić information content (AvgIpc) is 1.93. The number of hydrogen-bond acceptors (Lipinski definition) is 1. The van der Waals surface area contributed by atoms with Gasteiger partial charge in [0.05, 0.1) is 0 Å². The second-order valence-corrected chi connectivity index (χ2v) is 4.07. The van der Waals surface area contributed by atoms with E-state index in [0.29, 0.717) is 5.78 Å². The number of carbonyl (C=O) groups is 1. The van der Waals surface area contributed by atoms with Gasteiger partial charge in [0.2, 0.25) is 0 Å². The summed E-state index contributed by atoms with van der Waals surface area (Å²) in [5, 5.41) is 0. The van der Waals surface area contributed by atoms with Gasteiger partial charge in [-0.05, 0) is 19.8 Å². The Morgan fingerprint density at radius 2 is 2.09 bits per heavy atom. The van der Waals surface area contributed by atoms with Gasteiger partial charge >= 0.3 is 0 Å². The van der Waals surface area contributed by atoms with Crippen molar-refractivity contribution in [2.24, 2.45) is 5.41 Å². The van der Waals surface area contributed by atoms with Crippen LogP contribution in [0.25, 0.3) is 0 Å². The van der Waals surface area contributed by atoms with Gasteiger partial charge in [0.25, 0.3) is 0 Å². The maximum Gasteiger partial charge on any atom is 0.139 e. The fraction of sp³-hybridized carbons (Fsp3) is 0.700. The molecule has 0 atom stereocenters. The van der Waals surface area contributed by atoms with Crippen LogP contribution in [-0.2, 0) is 4.79 Å². The van der Waals surface area contributed by atoms with E-state index in [-0.39, 0.29) is 5.41 Å². The van der Waals surface area contributed by atoms with Crippen LogP contribution in [0.5, 0.6) is 0 Å². The number of ketones is 1. The molecule has 0 heterocycles. The van der Waals surface area contributed by atoms with Crippen molar-refractivity contribution in [3.8, 4) is 0 Å². The minimum Gasteiger partial charge on any atom is -0.299 e. The second kappa shape index (κ2) is 2.80. The molecule has 1 heteroatoms. The predicted octanol–water partition coefficient (Wildman–Crippen LogP) is 2.71. The van der Waals surface area contributed by atoms with E-state index in [4.69, 9.17) is 0 Å². The van der Waals surface area contributed by atoms with Crippen molar-refractivity contribution < 1.29 is 4.79 Å². The molecule has 0 amide bonds. The van der Waals surface area contributed by atoms with Gasteiger partial charge in [-0.3, -0.25) is 4.79 Å². The summed E-state index contributed by atoms with van der Waals surface area (Å²) in [4.78, 5) is 11.4. The van der Waals surface area contributed by atoms with Gasteiger partial charge in [0, 0.05) is 11.8 Å². The Morgan fingerprint density at radius 1 is 1.45 bits per heavy atom. The third-order valence-electron chi connectivity index (χ3n) is 2.34. The van der Waals surface area contributed by atoms with Gasteiger partial charge in [0.1, 0.15) is 5.78 Å². The molecule has 0 radical (unpaired) electrons. The van der Waals surface area contributed by atoms with E-state index in [0.717, 1.165) is 19.3 Å². The summed E-state index contributed by atoms with van der Waals surface area (Å²) in [6.07, 6.45) is 4.79. The highest BCUT2D eigenvalue weighted by Gasteiger charge is 2.28. The lowest BCUT2D eigenvalue weighted by atomic mass is 9.82. The van der Waals surface area contributed by atoms with Crippen LogP contribution in [0.2, 0.25) is 0 Å². The van der Waals surface area contributed by atoms with E-state index in [1.165, 1.54) is 5.57 Å². The Bertz CT molecular complexity index is 199. The highest BCUT2D eigenvalue weighted by atomic mass is 16.1. The lowest BCUT2D eigenvalue weighted by Crippen LogP contribution is -2.22. The van der Waals surface area contributed by atoms with Crippen LogP contribution < -0.4 is 0 Å². The van der Waals surface area contributed by atoms with Gasteiger partial charge in [-0.2, -0.15) is 0 Å². The van der Waals surface area contributed by atoms with Crippen molar-refractivity contribution in [1.29, 1.82) is 0 Å². The summed E-state index contributed by atoms with van der Waals surface area (Å²) in [5.74, 6) is 0.408. The number of hydrogen-bond donors (Lipinski definition) is 0. The molecule has 1 rings (SSSR count). The van der Waals surface area contributed by atoms with Crippen molar-refractivity contribution in [3.63, 3.8) is 0 Å². The van der Waals surface area contributed by atoms with E-state index >= 15 is 0 Å². The summed E-state index contributed by atoms with van der Waals surface area (Å²) >= 11 is 0. The van der Waals surface area contributed by atoms with Crippen LogP contribution in [0.15, 0.2) is 11.6 Å². The molecular weight excluding hydrogens is 136 g/mol. The van der Waals surface area contributed by atoms with Gasteiger partial charge in [-0.25, -0.2) is 0 Å². The molecule has 0 saturated heterocycles. The molecular formula is C10H16O. The SMILES string of the molecule is CC1=CCCC(=O)C(C)(C)C1. The normalized spacial score (nSPS) is 24.3. The Balaban J connectivity index is 2.80. The summed E-state index contributed by atoms with van der Waals surface area (Å²) < 4.78 is 0. The molecule has 0 aromatic rings. The second-order valence-electron chi connectivity index (χ2n) is 4.07. The summed E-state index contributed by atoms with van der Waals surface area (Å²) in [5.41, 5.74) is 1.25. The first-order chi connectivity index (χ1) is 5.02. The van der Waals surface area contributed by atoms with Crippen LogP contribution in [0.1, 0.15) is 40.0 Å². The van der Waals surface area contributed by atoms with Gasteiger partial charge in [0.15, 0.2) is 0 Å². The van der Waals surface area contributed by atoms with E-state index in [1.807, 2.05) is 13.8 Å². The topological polar surface area (TPSA) is 17.1 Å². The zero-order chi connectivity index (χ0) is 8.48. The van der Waals surface area contributed by atoms with Gasteiger partial charge < -0.3 is 0 Å². The lowest BCUT2D eigenvalue weighted by molar-refractivity contribution is -0.126. The standard InChI is InChI=1S/C10H16O/c1-8-5-4-6-9(11)10(2,3)7-8/h5H,4,6-7H2,1-3H3. The molecule has 0 aliphatic heterocycles. The first-order valence-electron chi connectivity index (χ1n) is 4.21. The smallest absolute Gasteiger partial charge is 0.139 e. The highest BCUT2D eigenvalue weighted by Crippen LogP contribution is 2.30. The third-order valence-corrected chi connectivity index (χ3v) is 2.34. The maximum absolute atomic E-state index is 11.4. The van der Waals surface area contributed by atoms with Crippen molar-refractivity contribution in [2.75, 3.05) is 0 Å². The zero-order valence-corrected chi connectivity index (χ0v) is 7.61. The molecule has 0 saturated carbocycles.